The molecule has 7 nitrogen and oxygen atoms in total. The molecule has 0 N–H and O–H groups in total. The zero-order valence-electron chi connectivity index (χ0n) is 15.7. The monoisotopic (exact) mass is 382 g/mol. The van der Waals surface area contributed by atoms with E-state index in [0.717, 1.165) is 5.56 Å². The Morgan fingerprint density at radius 3 is 2.61 bits per heavy atom. The van der Waals surface area contributed by atoms with E-state index < -0.39 is 5.97 Å². The molecule has 0 fully saturated rings. The van der Waals surface area contributed by atoms with Crippen LogP contribution in [-0.4, -0.2) is 49.5 Å². The highest BCUT2D eigenvalue weighted by molar-refractivity contribution is 5.98. The zero-order chi connectivity index (χ0) is 19.9. The van der Waals surface area contributed by atoms with E-state index in [9.17, 15) is 14.4 Å². The van der Waals surface area contributed by atoms with Crippen LogP contribution in [0.5, 0.6) is 5.75 Å². The Balaban J connectivity index is 1.46. The minimum absolute atomic E-state index is 0.00421. The molecule has 0 radical (unpaired) electrons. The summed E-state index contributed by atoms with van der Waals surface area (Å²) in [4.78, 5) is 39.3. The van der Waals surface area contributed by atoms with Gasteiger partial charge < -0.3 is 19.3 Å². The fraction of sp³-hybridized carbons (Fsp3) is 0.286. The molecule has 0 saturated carbocycles. The molecule has 7 heteroatoms. The van der Waals surface area contributed by atoms with Crippen molar-refractivity contribution in [3.63, 3.8) is 0 Å². The SMILES string of the molecule is CN(Cc1ccccc1)C(=O)COC(=O)CCN1C(=O)COc2ccccc21. The Morgan fingerprint density at radius 1 is 1.11 bits per heavy atom. The second-order valence-corrected chi connectivity index (χ2v) is 6.45. The third-order valence-electron chi connectivity index (χ3n) is 4.39. The van der Waals surface area contributed by atoms with Gasteiger partial charge in [-0.05, 0) is 17.7 Å². The number of carbonyl (C=O) groups is 3. The fourth-order valence-corrected chi connectivity index (χ4v) is 2.87. The molecule has 1 aliphatic rings. The van der Waals surface area contributed by atoms with Gasteiger partial charge in [0.15, 0.2) is 13.2 Å². The number of para-hydroxylation sites is 2. The van der Waals surface area contributed by atoms with E-state index in [4.69, 9.17) is 9.47 Å². The number of benzene rings is 2. The van der Waals surface area contributed by atoms with E-state index in [1.807, 2.05) is 36.4 Å². The van der Waals surface area contributed by atoms with E-state index in [0.29, 0.717) is 18.0 Å². The van der Waals surface area contributed by atoms with Gasteiger partial charge in [-0.2, -0.15) is 0 Å². The molecule has 0 atom stereocenters. The first-order valence-electron chi connectivity index (χ1n) is 9.00. The van der Waals surface area contributed by atoms with Crippen molar-refractivity contribution in [2.24, 2.45) is 0 Å². The molecule has 0 spiro atoms. The molecule has 2 aromatic carbocycles. The molecular formula is C21H22N2O5. The fourth-order valence-electron chi connectivity index (χ4n) is 2.87. The summed E-state index contributed by atoms with van der Waals surface area (Å²) >= 11 is 0. The van der Waals surface area contributed by atoms with Crippen molar-refractivity contribution in [3.8, 4) is 5.75 Å². The molecular weight excluding hydrogens is 360 g/mol. The number of amides is 2. The predicted octanol–water partition coefficient (Wildman–Crippen LogP) is 2.00. The van der Waals surface area contributed by atoms with E-state index in [1.165, 1.54) is 9.80 Å². The smallest absolute Gasteiger partial charge is 0.308 e. The summed E-state index contributed by atoms with van der Waals surface area (Å²) in [6.45, 7) is 0.229. The first-order valence-corrected chi connectivity index (χ1v) is 9.00. The number of hydrogen-bond donors (Lipinski definition) is 0. The first-order chi connectivity index (χ1) is 13.5. The number of anilines is 1. The summed E-state index contributed by atoms with van der Waals surface area (Å²) in [7, 11) is 1.66. The zero-order valence-corrected chi connectivity index (χ0v) is 15.7. The highest BCUT2D eigenvalue weighted by Gasteiger charge is 2.25. The van der Waals surface area contributed by atoms with Gasteiger partial charge in [0.1, 0.15) is 5.75 Å². The Labute approximate surface area is 163 Å². The van der Waals surface area contributed by atoms with Crippen LogP contribution in [0.2, 0.25) is 0 Å². The number of ether oxygens (including phenoxy) is 2. The minimum Gasteiger partial charge on any atom is -0.482 e. The number of esters is 1. The maximum atomic E-state index is 12.1. The van der Waals surface area contributed by atoms with Crippen molar-refractivity contribution < 1.29 is 23.9 Å². The van der Waals surface area contributed by atoms with Crippen molar-refractivity contribution in [1.82, 2.24) is 4.90 Å². The summed E-state index contributed by atoms with van der Waals surface area (Å²) in [6, 6.07) is 16.7. The molecule has 0 aromatic heterocycles. The third-order valence-corrected chi connectivity index (χ3v) is 4.39. The van der Waals surface area contributed by atoms with Crippen molar-refractivity contribution in [2.75, 3.05) is 31.7 Å². The average Bonchev–Trinajstić information content (AvgIpc) is 2.72. The van der Waals surface area contributed by atoms with Crippen LogP contribution in [0.15, 0.2) is 54.6 Å². The summed E-state index contributed by atoms with van der Waals surface area (Å²) in [6.07, 6.45) is -0.00421. The van der Waals surface area contributed by atoms with Gasteiger partial charge in [0.2, 0.25) is 0 Å². The molecule has 28 heavy (non-hydrogen) atoms. The van der Waals surface area contributed by atoms with Crippen molar-refractivity contribution >= 4 is 23.5 Å². The van der Waals surface area contributed by atoms with E-state index in [1.54, 1.807) is 25.2 Å². The van der Waals surface area contributed by atoms with Crippen molar-refractivity contribution in [3.05, 3.63) is 60.2 Å². The second kappa shape index (κ2) is 9.03. The van der Waals surface area contributed by atoms with Gasteiger partial charge in [-0.1, -0.05) is 42.5 Å². The Morgan fingerprint density at radius 2 is 1.82 bits per heavy atom. The van der Waals surface area contributed by atoms with Gasteiger partial charge >= 0.3 is 5.97 Å². The number of rotatable bonds is 7. The molecule has 0 bridgehead atoms. The predicted molar refractivity (Wildman–Crippen MR) is 103 cm³/mol. The van der Waals surface area contributed by atoms with Gasteiger partial charge in [0, 0.05) is 20.1 Å². The molecule has 1 aliphatic heterocycles. The molecule has 0 saturated heterocycles. The molecule has 0 unspecified atom stereocenters. The molecule has 3 rings (SSSR count). The number of hydrogen-bond acceptors (Lipinski definition) is 5. The third kappa shape index (κ3) is 4.88. The summed E-state index contributed by atoms with van der Waals surface area (Å²) in [5.41, 5.74) is 1.62. The lowest BCUT2D eigenvalue weighted by molar-refractivity contribution is -0.151. The molecule has 0 aliphatic carbocycles. The van der Waals surface area contributed by atoms with Crippen LogP contribution in [0.3, 0.4) is 0 Å². The number of likely N-dealkylation sites (N-methyl/N-ethyl adjacent to an activating group) is 1. The maximum absolute atomic E-state index is 12.1. The van der Waals surface area contributed by atoms with Crippen LogP contribution in [0, 0.1) is 0 Å². The quantitative estimate of drug-likeness (QED) is 0.685. The van der Waals surface area contributed by atoms with Gasteiger partial charge in [-0.3, -0.25) is 14.4 Å². The molecule has 2 amide bonds. The van der Waals surface area contributed by atoms with Crippen LogP contribution in [0.25, 0.3) is 0 Å². The van der Waals surface area contributed by atoms with Crippen molar-refractivity contribution in [2.45, 2.75) is 13.0 Å². The molecule has 2 aromatic rings. The summed E-state index contributed by atoms with van der Waals surface area (Å²) < 4.78 is 10.4. The lowest BCUT2D eigenvalue weighted by Crippen LogP contribution is -2.40. The number of nitrogens with zero attached hydrogens (tertiary/aromatic N) is 2. The van der Waals surface area contributed by atoms with Gasteiger partial charge in [0.25, 0.3) is 11.8 Å². The highest BCUT2D eigenvalue weighted by atomic mass is 16.5. The lowest BCUT2D eigenvalue weighted by Gasteiger charge is -2.29. The van der Waals surface area contributed by atoms with Crippen molar-refractivity contribution in [1.29, 1.82) is 0 Å². The van der Waals surface area contributed by atoms with Gasteiger partial charge in [-0.25, -0.2) is 0 Å². The van der Waals surface area contributed by atoms with Crippen LogP contribution in [0.1, 0.15) is 12.0 Å². The standard InChI is InChI=1S/C21H22N2O5/c1-22(13-16-7-3-2-4-8-16)19(24)14-28-21(26)11-12-23-17-9-5-6-10-18(17)27-15-20(23)25/h2-10H,11-15H2,1H3. The highest BCUT2D eigenvalue weighted by Crippen LogP contribution is 2.31. The van der Waals surface area contributed by atoms with Gasteiger partial charge in [0.05, 0.1) is 12.1 Å². The summed E-state index contributed by atoms with van der Waals surface area (Å²) in [5, 5.41) is 0. The Bertz CT molecular complexity index is 853. The number of carbonyl (C=O) groups excluding carboxylic acids is 3. The van der Waals surface area contributed by atoms with Crippen LogP contribution < -0.4 is 9.64 Å². The van der Waals surface area contributed by atoms with E-state index in [2.05, 4.69) is 0 Å². The van der Waals surface area contributed by atoms with Crippen LogP contribution in [0.4, 0.5) is 5.69 Å². The maximum Gasteiger partial charge on any atom is 0.308 e. The molecule has 1 heterocycles. The minimum atomic E-state index is -0.529. The normalized spacial score (nSPS) is 12.8. The second-order valence-electron chi connectivity index (χ2n) is 6.45. The topological polar surface area (TPSA) is 76.2 Å². The Hall–Kier alpha value is -3.35. The Kier molecular flexibility index (Phi) is 6.26. The first kappa shape index (κ1) is 19.4. The molecule has 146 valence electrons. The van der Waals surface area contributed by atoms with Crippen LogP contribution in [-0.2, 0) is 25.7 Å². The van der Waals surface area contributed by atoms with Gasteiger partial charge in [-0.15, -0.1) is 0 Å². The van der Waals surface area contributed by atoms with Crippen LogP contribution >= 0.6 is 0 Å². The van der Waals surface area contributed by atoms with E-state index in [-0.39, 0.29) is 38.0 Å². The number of fused-ring (bicyclic) bond motifs is 1. The average molecular weight is 382 g/mol. The largest absolute Gasteiger partial charge is 0.482 e. The summed E-state index contributed by atoms with van der Waals surface area (Å²) in [5.74, 6) is -0.429. The lowest BCUT2D eigenvalue weighted by atomic mass is 10.2. The van der Waals surface area contributed by atoms with E-state index >= 15 is 0 Å².